The van der Waals surface area contributed by atoms with E-state index in [1.54, 1.807) is 17.5 Å². The molecule has 0 saturated heterocycles. The van der Waals surface area contributed by atoms with Gasteiger partial charge >= 0.3 is 5.76 Å². The minimum Gasteiger partial charge on any atom is -0.494 e. The number of rotatable bonds is 6. The number of non-ortho nitro benzene ring substituents is 1. The zero-order valence-corrected chi connectivity index (χ0v) is 14.2. The molecule has 2 heterocycles. The molecular weight excluding hydrogens is 364 g/mol. The summed E-state index contributed by atoms with van der Waals surface area (Å²) in [7, 11) is 1.33. The quantitative estimate of drug-likeness (QED) is 0.515. The predicted octanol–water partition coefficient (Wildman–Crippen LogP) is 2.12. The van der Waals surface area contributed by atoms with Crippen molar-refractivity contribution in [2.45, 2.75) is 6.54 Å². The number of amides is 1. The molecular formula is C15H12N4O6S. The summed E-state index contributed by atoms with van der Waals surface area (Å²) < 4.78 is 10.8. The number of hydrogen-bond donors (Lipinski definition) is 1. The van der Waals surface area contributed by atoms with E-state index in [-0.39, 0.29) is 29.5 Å². The normalized spacial score (nSPS) is 10.5. The molecule has 0 unspecified atom stereocenters. The van der Waals surface area contributed by atoms with Crippen molar-refractivity contribution in [3.05, 3.63) is 56.4 Å². The van der Waals surface area contributed by atoms with E-state index in [0.717, 1.165) is 4.57 Å². The van der Waals surface area contributed by atoms with Gasteiger partial charge in [-0.3, -0.25) is 19.4 Å². The van der Waals surface area contributed by atoms with Crippen LogP contribution in [0.25, 0.3) is 10.7 Å². The number of nitrogens with one attached hydrogen (secondary N) is 1. The molecule has 0 atom stereocenters. The smallest absolute Gasteiger partial charge is 0.442 e. The Morgan fingerprint density at radius 3 is 2.92 bits per heavy atom. The first-order valence-electron chi connectivity index (χ1n) is 7.22. The zero-order chi connectivity index (χ0) is 18.7. The fraction of sp³-hybridized carbons (Fsp3) is 0.133. The molecule has 0 aliphatic rings. The third-order valence-electron chi connectivity index (χ3n) is 3.40. The Bertz CT molecular complexity index is 1010. The van der Waals surface area contributed by atoms with Gasteiger partial charge in [-0.1, -0.05) is 11.2 Å². The van der Waals surface area contributed by atoms with E-state index < -0.39 is 16.6 Å². The molecule has 0 saturated carbocycles. The molecule has 11 heteroatoms. The molecule has 1 aromatic carbocycles. The Labute approximate surface area is 149 Å². The maximum absolute atomic E-state index is 12.3. The Morgan fingerprint density at radius 2 is 2.27 bits per heavy atom. The largest absolute Gasteiger partial charge is 0.494 e. The minimum absolute atomic E-state index is 0.128. The van der Waals surface area contributed by atoms with Gasteiger partial charge in [0.05, 0.1) is 28.7 Å². The highest BCUT2D eigenvalue weighted by Gasteiger charge is 2.18. The van der Waals surface area contributed by atoms with Gasteiger partial charge in [0.1, 0.15) is 12.3 Å². The van der Waals surface area contributed by atoms with Crippen LogP contribution in [0.2, 0.25) is 0 Å². The Hall–Kier alpha value is -3.47. The van der Waals surface area contributed by atoms with Crippen LogP contribution in [0.1, 0.15) is 0 Å². The number of carbonyl (C=O) groups excluding carboxylic acids is 1. The molecule has 3 rings (SSSR count). The topological polar surface area (TPSA) is 130 Å². The highest BCUT2D eigenvalue weighted by Crippen LogP contribution is 2.29. The average molecular weight is 376 g/mol. The van der Waals surface area contributed by atoms with E-state index in [4.69, 9.17) is 4.74 Å². The van der Waals surface area contributed by atoms with E-state index in [1.807, 2.05) is 0 Å². The second-order valence-corrected chi connectivity index (χ2v) is 5.97. The van der Waals surface area contributed by atoms with Gasteiger partial charge in [-0.25, -0.2) is 9.36 Å². The molecule has 0 aliphatic heterocycles. The Morgan fingerprint density at radius 1 is 1.46 bits per heavy atom. The molecule has 0 bridgehead atoms. The van der Waals surface area contributed by atoms with Crippen LogP contribution in [0.4, 0.5) is 11.4 Å². The van der Waals surface area contributed by atoms with Gasteiger partial charge in [0.15, 0.2) is 5.82 Å². The number of carbonyl (C=O) groups is 1. The Kier molecular flexibility index (Phi) is 4.80. The van der Waals surface area contributed by atoms with Crippen LogP contribution >= 0.6 is 11.3 Å². The van der Waals surface area contributed by atoms with Crippen molar-refractivity contribution < 1.29 is 19.0 Å². The van der Waals surface area contributed by atoms with Gasteiger partial charge < -0.3 is 10.1 Å². The van der Waals surface area contributed by atoms with E-state index >= 15 is 0 Å². The van der Waals surface area contributed by atoms with Gasteiger partial charge in [0, 0.05) is 6.07 Å². The van der Waals surface area contributed by atoms with E-state index in [2.05, 4.69) is 15.0 Å². The van der Waals surface area contributed by atoms with Crippen LogP contribution in [0, 0.1) is 10.1 Å². The van der Waals surface area contributed by atoms with Gasteiger partial charge in [0.2, 0.25) is 5.91 Å². The van der Waals surface area contributed by atoms with Crippen molar-refractivity contribution in [1.29, 1.82) is 0 Å². The first-order valence-corrected chi connectivity index (χ1v) is 8.10. The first kappa shape index (κ1) is 17.4. The number of benzene rings is 1. The molecule has 0 aliphatic carbocycles. The van der Waals surface area contributed by atoms with Crippen molar-refractivity contribution in [3.8, 4) is 16.5 Å². The first-order chi connectivity index (χ1) is 12.5. The van der Waals surface area contributed by atoms with Crippen LogP contribution < -0.4 is 15.8 Å². The number of hydrogen-bond acceptors (Lipinski definition) is 8. The second kappa shape index (κ2) is 7.19. The van der Waals surface area contributed by atoms with Crippen molar-refractivity contribution in [1.82, 2.24) is 9.72 Å². The molecule has 0 radical (unpaired) electrons. The molecule has 2 aromatic heterocycles. The van der Waals surface area contributed by atoms with Gasteiger partial charge in [0.25, 0.3) is 5.69 Å². The summed E-state index contributed by atoms with van der Waals surface area (Å²) in [6, 6.07) is 7.31. The number of aromatic nitrogens is 2. The third kappa shape index (κ3) is 3.47. The van der Waals surface area contributed by atoms with Crippen LogP contribution in [0.15, 0.2) is 45.0 Å². The fourth-order valence-electron chi connectivity index (χ4n) is 2.22. The lowest BCUT2D eigenvalue weighted by Gasteiger charge is -2.10. The number of nitro groups is 1. The second-order valence-electron chi connectivity index (χ2n) is 5.03. The van der Waals surface area contributed by atoms with Gasteiger partial charge in [-0.15, -0.1) is 11.3 Å². The fourth-order valence-corrected chi connectivity index (χ4v) is 2.93. The monoisotopic (exact) mass is 376 g/mol. The van der Waals surface area contributed by atoms with Gasteiger partial charge in [-0.2, -0.15) is 0 Å². The van der Waals surface area contributed by atoms with Crippen molar-refractivity contribution in [2.24, 2.45) is 0 Å². The van der Waals surface area contributed by atoms with E-state index in [1.165, 1.54) is 36.6 Å². The average Bonchev–Trinajstić information content (AvgIpc) is 3.25. The summed E-state index contributed by atoms with van der Waals surface area (Å²) in [5.74, 6) is -0.931. The molecule has 0 fully saturated rings. The summed E-state index contributed by atoms with van der Waals surface area (Å²) in [6.07, 6.45) is 0. The van der Waals surface area contributed by atoms with E-state index in [0.29, 0.717) is 4.88 Å². The van der Waals surface area contributed by atoms with E-state index in [9.17, 15) is 19.7 Å². The highest BCUT2D eigenvalue weighted by atomic mass is 32.1. The van der Waals surface area contributed by atoms with Gasteiger partial charge in [-0.05, 0) is 17.5 Å². The lowest BCUT2D eigenvalue weighted by Crippen LogP contribution is -2.25. The molecule has 134 valence electrons. The van der Waals surface area contributed by atoms with Crippen LogP contribution in [0.3, 0.4) is 0 Å². The summed E-state index contributed by atoms with van der Waals surface area (Å²) >= 11 is 1.35. The van der Waals surface area contributed by atoms with Crippen molar-refractivity contribution >= 4 is 28.6 Å². The lowest BCUT2D eigenvalue weighted by atomic mass is 10.2. The number of thiophene rings is 1. The van der Waals surface area contributed by atoms with Crippen LogP contribution in [-0.4, -0.2) is 27.7 Å². The predicted molar refractivity (Wildman–Crippen MR) is 92.4 cm³/mol. The highest BCUT2D eigenvalue weighted by molar-refractivity contribution is 7.13. The summed E-state index contributed by atoms with van der Waals surface area (Å²) in [5, 5.41) is 18.9. The SMILES string of the molecule is COc1cc([N+](=O)[O-])ccc1NC(=O)Cn1c(-c2cccs2)noc1=O. The number of nitrogens with zero attached hydrogens (tertiary/aromatic N) is 3. The maximum atomic E-state index is 12.3. The third-order valence-corrected chi connectivity index (χ3v) is 4.27. The zero-order valence-electron chi connectivity index (χ0n) is 13.4. The Balaban J connectivity index is 1.82. The summed E-state index contributed by atoms with van der Waals surface area (Å²) in [5.41, 5.74) is 0.0698. The number of anilines is 1. The molecule has 0 spiro atoms. The molecule has 1 amide bonds. The molecule has 10 nitrogen and oxygen atoms in total. The number of ether oxygens (including phenoxy) is 1. The summed E-state index contributed by atoms with van der Waals surface area (Å²) in [4.78, 5) is 35.1. The van der Waals surface area contributed by atoms with Crippen LogP contribution in [-0.2, 0) is 11.3 Å². The van der Waals surface area contributed by atoms with Crippen LogP contribution in [0.5, 0.6) is 5.75 Å². The lowest BCUT2D eigenvalue weighted by molar-refractivity contribution is -0.384. The maximum Gasteiger partial charge on any atom is 0.442 e. The molecule has 26 heavy (non-hydrogen) atoms. The molecule has 3 aromatic rings. The van der Waals surface area contributed by atoms with Crippen molar-refractivity contribution in [3.63, 3.8) is 0 Å². The van der Waals surface area contributed by atoms with Crippen molar-refractivity contribution in [2.75, 3.05) is 12.4 Å². The number of methoxy groups -OCH3 is 1. The minimum atomic E-state index is -0.765. The summed E-state index contributed by atoms with van der Waals surface area (Å²) in [6.45, 7) is -0.338. The standard InChI is InChI=1S/C15H12N4O6S/c1-24-11-7-9(19(22)23)4-5-10(11)16-13(20)8-18-14(17-25-15(18)21)12-3-2-6-26-12/h2-7H,8H2,1H3,(H,16,20). The molecule has 1 N–H and O–H groups in total. The number of nitro benzene ring substituents is 1.